The monoisotopic (exact) mass is 357 g/mol. The van der Waals surface area contributed by atoms with Gasteiger partial charge in [-0.2, -0.15) is 9.78 Å². The number of hydrogen-bond donors (Lipinski definition) is 1. The van der Waals surface area contributed by atoms with Crippen molar-refractivity contribution in [3.8, 4) is 5.95 Å². The summed E-state index contributed by atoms with van der Waals surface area (Å²) in [5.74, 6) is 0.228. The predicted octanol–water partition coefficient (Wildman–Crippen LogP) is 3.61. The smallest absolute Gasteiger partial charge is 0.254 e. The molecule has 4 rings (SSSR count). The second kappa shape index (κ2) is 6.99. The van der Waals surface area contributed by atoms with Gasteiger partial charge in [-0.05, 0) is 25.5 Å². The van der Waals surface area contributed by atoms with Gasteiger partial charge in [-0.25, -0.2) is 9.97 Å². The average Bonchev–Trinajstić information content (AvgIpc) is 3.06. The number of carbonyl (C=O) groups excluding carboxylic acids is 1. The Hall–Kier alpha value is -3.54. The quantitative estimate of drug-likeness (QED) is 0.605. The summed E-state index contributed by atoms with van der Waals surface area (Å²) in [6.45, 7) is 3.90. The normalized spacial score (nSPS) is 12.1. The van der Waals surface area contributed by atoms with E-state index in [1.54, 1.807) is 4.68 Å². The van der Waals surface area contributed by atoms with Gasteiger partial charge in [-0.15, -0.1) is 0 Å². The Labute approximate surface area is 156 Å². The molecule has 2 aromatic carbocycles. The number of benzene rings is 2. The first kappa shape index (κ1) is 16.9. The van der Waals surface area contributed by atoms with E-state index < -0.39 is 0 Å². The summed E-state index contributed by atoms with van der Waals surface area (Å²) in [5.41, 5.74) is 3.30. The maximum Gasteiger partial charge on any atom is 0.254 e. The first-order valence-corrected chi connectivity index (χ1v) is 8.76. The van der Waals surface area contributed by atoms with E-state index in [0.29, 0.717) is 11.5 Å². The molecule has 2 aromatic heterocycles. The molecule has 0 unspecified atom stereocenters. The van der Waals surface area contributed by atoms with Crippen molar-refractivity contribution in [1.82, 2.24) is 25.1 Å². The lowest BCUT2D eigenvalue weighted by Crippen LogP contribution is -2.27. The number of aryl methyl sites for hydroxylation is 1. The summed E-state index contributed by atoms with van der Waals surface area (Å²) >= 11 is 0. The fourth-order valence-corrected chi connectivity index (χ4v) is 3.03. The standard InChI is InChI=1S/C21H19N5O/c1-14(16-8-4-3-5-9-16)24-20(27)17-12-22-21(23-13-17)26-19-11-7-6-10-18(19)15(2)25-26/h3-14H,1-2H3,(H,24,27)/t14-/m0/s1. The molecule has 6 heteroatoms. The maximum atomic E-state index is 12.5. The number of aromatic nitrogens is 4. The SMILES string of the molecule is Cc1nn(-c2ncc(C(=O)N[C@@H](C)c3ccccc3)cn2)c2ccccc12. The molecule has 0 bridgehead atoms. The third-order valence-corrected chi connectivity index (χ3v) is 4.51. The lowest BCUT2D eigenvalue weighted by molar-refractivity contribution is 0.0939. The number of carbonyl (C=O) groups is 1. The summed E-state index contributed by atoms with van der Waals surface area (Å²) in [6.07, 6.45) is 3.06. The van der Waals surface area contributed by atoms with E-state index in [-0.39, 0.29) is 11.9 Å². The largest absolute Gasteiger partial charge is 0.345 e. The van der Waals surface area contributed by atoms with Crippen LogP contribution in [0.3, 0.4) is 0 Å². The third-order valence-electron chi connectivity index (χ3n) is 4.51. The molecule has 0 radical (unpaired) electrons. The molecule has 1 atom stereocenters. The summed E-state index contributed by atoms with van der Waals surface area (Å²) in [5, 5.41) is 8.53. The molecular formula is C21H19N5O. The first-order chi connectivity index (χ1) is 13.1. The molecule has 134 valence electrons. The first-order valence-electron chi connectivity index (χ1n) is 8.76. The molecule has 6 nitrogen and oxygen atoms in total. The Morgan fingerprint density at radius 3 is 2.41 bits per heavy atom. The van der Waals surface area contributed by atoms with E-state index in [1.165, 1.54) is 12.4 Å². The summed E-state index contributed by atoms with van der Waals surface area (Å²) in [7, 11) is 0. The molecule has 27 heavy (non-hydrogen) atoms. The van der Waals surface area contributed by atoms with E-state index in [1.807, 2.05) is 68.4 Å². The second-order valence-corrected chi connectivity index (χ2v) is 6.39. The molecule has 4 aromatic rings. The van der Waals surface area contributed by atoms with Crippen LogP contribution in [0, 0.1) is 6.92 Å². The fraction of sp³-hybridized carbons (Fsp3) is 0.143. The van der Waals surface area contributed by atoms with Crippen molar-refractivity contribution in [2.45, 2.75) is 19.9 Å². The molecule has 2 heterocycles. The number of para-hydroxylation sites is 1. The predicted molar refractivity (Wildman–Crippen MR) is 104 cm³/mol. The fourth-order valence-electron chi connectivity index (χ4n) is 3.03. The van der Waals surface area contributed by atoms with Crippen molar-refractivity contribution in [2.75, 3.05) is 0 Å². The topological polar surface area (TPSA) is 72.7 Å². The number of nitrogens with one attached hydrogen (secondary N) is 1. The molecule has 1 amide bonds. The van der Waals surface area contributed by atoms with Crippen LogP contribution in [0.2, 0.25) is 0 Å². The van der Waals surface area contributed by atoms with Crippen molar-refractivity contribution in [2.24, 2.45) is 0 Å². The minimum Gasteiger partial charge on any atom is -0.345 e. The molecule has 0 saturated heterocycles. The van der Waals surface area contributed by atoms with Crippen LogP contribution < -0.4 is 5.32 Å². The molecular weight excluding hydrogens is 338 g/mol. The molecule has 0 aliphatic carbocycles. The van der Waals surface area contributed by atoms with Crippen LogP contribution in [0.5, 0.6) is 0 Å². The van der Waals surface area contributed by atoms with E-state index in [2.05, 4.69) is 20.4 Å². The van der Waals surface area contributed by atoms with Crippen LogP contribution in [0.1, 0.15) is 34.6 Å². The van der Waals surface area contributed by atoms with Crippen LogP contribution in [0.15, 0.2) is 67.0 Å². The molecule has 0 aliphatic rings. The average molecular weight is 357 g/mol. The number of hydrogen-bond acceptors (Lipinski definition) is 4. The molecule has 0 aliphatic heterocycles. The summed E-state index contributed by atoms with van der Waals surface area (Å²) in [4.78, 5) is 21.2. The van der Waals surface area contributed by atoms with E-state index in [4.69, 9.17) is 0 Å². The maximum absolute atomic E-state index is 12.5. The van der Waals surface area contributed by atoms with Crippen LogP contribution in [-0.4, -0.2) is 25.7 Å². The van der Waals surface area contributed by atoms with Gasteiger partial charge in [0.05, 0.1) is 22.8 Å². The van der Waals surface area contributed by atoms with Crippen molar-refractivity contribution < 1.29 is 4.79 Å². The van der Waals surface area contributed by atoms with Crippen molar-refractivity contribution in [3.63, 3.8) is 0 Å². The highest BCUT2D eigenvalue weighted by Crippen LogP contribution is 2.19. The van der Waals surface area contributed by atoms with Gasteiger partial charge in [-0.3, -0.25) is 4.79 Å². The van der Waals surface area contributed by atoms with Gasteiger partial charge >= 0.3 is 0 Å². The zero-order valence-corrected chi connectivity index (χ0v) is 15.1. The highest BCUT2D eigenvalue weighted by molar-refractivity contribution is 5.93. The van der Waals surface area contributed by atoms with E-state index in [0.717, 1.165) is 22.2 Å². The summed E-state index contributed by atoms with van der Waals surface area (Å²) in [6, 6.07) is 17.6. The molecule has 0 fully saturated rings. The van der Waals surface area contributed by atoms with Crippen LogP contribution >= 0.6 is 0 Å². The second-order valence-electron chi connectivity index (χ2n) is 6.39. The summed E-state index contributed by atoms with van der Waals surface area (Å²) < 4.78 is 1.69. The van der Waals surface area contributed by atoms with Gasteiger partial charge in [0.1, 0.15) is 0 Å². The van der Waals surface area contributed by atoms with E-state index >= 15 is 0 Å². The Balaban J connectivity index is 1.56. The van der Waals surface area contributed by atoms with Gasteiger partial charge in [0.2, 0.25) is 0 Å². The van der Waals surface area contributed by atoms with Crippen molar-refractivity contribution >= 4 is 16.8 Å². The van der Waals surface area contributed by atoms with E-state index in [9.17, 15) is 4.79 Å². The Morgan fingerprint density at radius 2 is 1.67 bits per heavy atom. The van der Waals surface area contributed by atoms with Gasteiger partial charge in [0.25, 0.3) is 11.9 Å². The van der Waals surface area contributed by atoms with Gasteiger partial charge in [0, 0.05) is 17.8 Å². The minimum atomic E-state index is -0.209. The molecule has 0 spiro atoms. The highest BCUT2D eigenvalue weighted by atomic mass is 16.1. The van der Waals surface area contributed by atoms with Gasteiger partial charge in [-0.1, -0.05) is 48.5 Å². The van der Waals surface area contributed by atoms with Crippen LogP contribution in [0.25, 0.3) is 16.9 Å². The Bertz CT molecular complexity index is 1090. The van der Waals surface area contributed by atoms with Gasteiger partial charge in [0.15, 0.2) is 0 Å². The number of nitrogens with zero attached hydrogens (tertiary/aromatic N) is 4. The highest BCUT2D eigenvalue weighted by Gasteiger charge is 2.14. The van der Waals surface area contributed by atoms with Crippen LogP contribution in [0.4, 0.5) is 0 Å². The van der Waals surface area contributed by atoms with Crippen molar-refractivity contribution in [3.05, 3.63) is 83.8 Å². The lowest BCUT2D eigenvalue weighted by atomic mass is 10.1. The zero-order chi connectivity index (χ0) is 18.8. The minimum absolute atomic E-state index is 0.101. The number of rotatable bonds is 4. The Morgan fingerprint density at radius 1 is 1.00 bits per heavy atom. The van der Waals surface area contributed by atoms with Crippen LogP contribution in [-0.2, 0) is 0 Å². The van der Waals surface area contributed by atoms with Crippen molar-refractivity contribution in [1.29, 1.82) is 0 Å². The molecule has 0 saturated carbocycles. The zero-order valence-electron chi connectivity index (χ0n) is 15.1. The number of fused-ring (bicyclic) bond motifs is 1. The van der Waals surface area contributed by atoms with Gasteiger partial charge < -0.3 is 5.32 Å². The molecule has 1 N–H and O–H groups in total. The lowest BCUT2D eigenvalue weighted by Gasteiger charge is -2.14. The number of amides is 1. The Kier molecular flexibility index (Phi) is 4.38. The third kappa shape index (κ3) is 3.29.